The summed E-state index contributed by atoms with van der Waals surface area (Å²) in [5.74, 6) is 0.247. The molecule has 3 aliphatic rings. The molecule has 1 fully saturated rings. The number of aryl methyl sites for hydroxylation is 1. The third-order valence-electron chi connectivity index (χ3n) is 12.5. The number of rotatable bonds is 17. The first-order valence-corrected chi connectivity index (χ1v) is 21.4. The number of amides is 3. The molecule has 3 aromatic carbocycles. The predicted molar refractivity (Wildman–Crippen MR) is 239 cm³/mol. The molecule has 338 valence electrons. The number of anilines is 2. The number of benzene rings is 3. The lowest BCUT2D eigenvalue weighted by molar-refractivity contribution is -0.217. The fourth-order valence-electron chi connectivity index (χ4n) is 8.50. The Labute approximate surface area is 366 Å². The highest BCUT2D eigenvalue weighted by molar-refractivity contribution is 5.96. The molecule has 12 nitrogen and oxygen atoms in total. The van der Waals surface area contributed by atoms with E-state index in [1.807, 2.05) is 37.0 Å². The average Bonchev–Trinajstić information content (AvgIpc) is 3.86. The number of alkyl halides is 3. The van der Waals surface area contributed by atoms with Gasteiger partial charge in [-0.25, -0.2) is 0 Å². The van der Waals surface area contributed by atoms with Gasteiger partial charge >= 0.3 is 6.18 Å². The Morgan fingerprint density at radius 1 is 1.11 bits per heavy atom. The summed E-state index contributed by atoms with van der Waals surface area (Å²) in [5, 5.41) is 17.6. The minimum Gasteiger partial charge on any atom is -0.507 e. The number of hydrogen-bond donors (Lipinski definition) is 3. The van der Waals surface area contributed by atoms with Gasteiger partial charge in [-0.05, 0) is 105 Å². The Morgan fingerprint density at radius 2 is 1.84 bits per heavy atom. The van der Waals surface area contributed by atoms with Crippen LogP contribution in [-0.4, -0.2) is 86.8 Å². The van der Waals surface area contributed by atoms with E-state index in [-0.39, 0.29) is 22.8 Å². The topological polar surface area (TPSA) is 142 Å². The van der Waals surface area contributed by atoms with E-state index in [2.05, 4.69) is 36.1 Å². The molecule has 0 bridgehead atoms. The molecule has 2 aliphatic heterocycles. The van der Waals surface area contributed by atoms with E-state index in [0.29, 0.717) is 61.9 Å². The fraction of sp³-hybridized carbons (Fsp3) is 0.458. The first-order chi connectivity index (χ1) is 30.0. The van der Waals surface area contributed by atoms with Gasteiger partial charge in [-0.3, -0.25) is 24.7 Å². The van der Waals surface area contributed by atoms with E-state index < -0.39 is 31.0 Å². The van der Waals surface area contributed by atoms with E-state index in [1.165, 1.54) is 29.7 Å². The van der Waals surface area contributed by atoms with Crippen LogP contribution in [0.15, 0.2) is 53.7 Å². The van der Waals surface area contributed by atoms with Gasteiger partial charge in [-0.15, -0.1) is 0 Å². The molecule has 2 unspecified atom stereocenters. The lowest BCUT2D eigenvalue weighted by Crippen LogP contribution is -2.44. The number of carbonyl (C=O) groups excluding carboxylic acids is 3. The van der Waals surface area contributed by atoms with E-state index in [1.54, 1.807) is 37.7 Å². The normalized spacial score (nSPS) is 18.3. The van der Waals surface area contributed by atoms with Crippen LogP contribution >= 0.6 is 0 Å². The van der Waals surface area contributed by atoms with Gasteiger partial charge in [0.25, 0.3) is 5.91 Å². The minimum absolute atomic E-state index is 0.0363. The van der Waals surface area contributed by atoms with Gasteiger partial charge in [-0.1, -0.05) is 44.1 Å². The van der Waals surface area contributed by atoms with Crippen LogP contribution in [0.4, 0.5) is 30.2 Å². The van der Waals surface area contributed by atoms with Crippen molar-refractivity contribution in [3.63, 3.8) is 0 Å². The zero-order valence-corrected chi connectivity index (χ0v) is 37.0. The van der Waals surface area contributed by atoms with Crippen molar-refractivity contribution in [1.29, 1.82) is 0 Å². The molecule has 1 aliphatic carbocycles. The molecule has 1 saturated carbocycles. The number of phenolic OH excluding ortho intramolecular Hbond substituents is 1. The summed E-state index contributed by atoms with van der Waals surface area (Å²) in [6.07, 6.45) is 3.57. The fourth-order valence-corrected chi connectivity index (χ4v) is 8.50. The van der Waals surface area contributed by atoms with Gasteiger partial charge in [0.15, 0.2) is 11.5 Å². The van der Waals surface area contributed by atoms with Crippen LogP contribution < -0.4 is 35.4 Å². The van der Waals surface area contributed by atoms with Crippen molar-refractivity contribution in [2.45, 2.75) is 97.9 Å². The van der Waals surface area contributed by atoms with Crippen LogP contribution in [0.3, 0.4) is 0 Å². The van der Waals surface area contributed by atoms with Gasteiger partial charge in [0.2, 0.25) is 18.4 Å². The lowest BCUT2D eigenvalue weighted by atomic mass is 9.66. The number of methoxy groups -OCH3 is 1. The Bertz CT molecular complexity index is 2370. The van der Waals surface area contributed by atoms with Crippen molar-refractivity contribution in [3.05, 3.63) is 75.8 Å². The van der Waals surface area contributed by atoms with Gasteiger partial charge < -0.3 is 34.4 Å². The summed E-state index contributed by atoms with van der Waals surface area (Å²) >= 11 is 0. The van der Waals surface area contributed by atoms with E-state index in [4.69, 9.17) is 14.5 Å². The molecule has 63 heavy (non-hydrogen) atoms. The Kier molecular flexibility index (Phi) is 14.7. The molecular weight excluding hydrogens is 816 g/mol. The number of ether oxygens (including phenoxy) is 3. The van der Waals surface area contributed by atoms with Crippen LogP contribution in [0.2, 0.25) is 0 Å². The molecule has 0 saturated heterocycles. The molecular formula is C48H58F3N5O7. The first-order valence-electron chi connectivity index (χ1n) is 21.4. The third kappa shape index (κ3) is 10.4. The molecule has 0 spiro atoms. The molecule has 2 atom stereocenters. The molecule has 3 aromatic rings. The van der Waals surface area contributed by atoms with Crippen LogP contribution in [0, 0.1) is 18.3 Å². The number of nitrogens with zero attached hydrogens (tertiary/aromatic N) is 3. The van der Waals surface area contributed by atoms with Crippen molar-refractivity contribution in [2.75, 3.05) is 44.3 Å². The molecule has 3 amide bonds. The molecule has 0 radical (unpaired) electrons. The average molecular weight is 874 g/mol. The number of carbonyl (C=O) groups is 3. The largest absolute Gasteiger partial charge is 0.507 e. The number of hydrogen-bond acceptors (Lipinski definition) is 9. The van der Waals surface area contributed by atoms with Gasteiger partial charge in [-0.2, -0.15) is 13.2 Å². The third-order valence-corrected chi connectivity index (χ3v) is 12.5. The Morgan fingerprint density at radius 3 is 2.44 bits per heavy atom. The summed E-state index contributed by atoms with van der Waals surface area (Å²) in [6.45, 7) is 10.7. The van der Waals surface area contributed by atoms with Crippen LogP contribution in [0.25, 0.3) is 17.2 Å². The number of aliphatic imine (C=N–C) groups is 1. The number of nitrogens with one attached hydrogen (secondary N) is 2. The molecule has 15 heteroatoms. The lowest BCUT2D eigenvalue weighted by Gasteiger charge is -2.42. The summed E-state index contributed by atoms with van der Waals surface area (Å²) in [4.78, 5) is 46.5. The highest BCUT2D eigenvalue weighted by Crippen LogP contribution is 2.47. The van der Waals surface area contributed by atoms with Crippen molar-refractivity contribution < 1.29 is 46.9 Å². The second-order valence-corrected chi connectivity index (χ2v) is 16.9. The van der Waals surface area contributed by atoms with Crippen LogP contribution in [0.5, 0.6) is 17.2 Å². The second kappa shape index (κ2) is 19.8. The summed E-state index contributed by atoms with van der Waals surface area (Å²) in [7, 11) is 2.98. The first kappa shape index (κ1) is 46.8. The van der Waals surface area contributed by atoms with Gasteiger partial charge in [0.1, 0.15) is 5.75 Å². The standard InChI is InChI=1S/C48H58F3N5O7/c1-8-36-40(58)23-39-37(44(36)31(5)29(2)3)15-19-56(39)43(59)14-18-47(16-9-17-47)26-62-42-22-38(30(4)20-41(42)61-7)53-24-35-21-33(25-55(35)28-57)32-10-12-34(13-11-32)54-46(60)45(48(49,50)51)63-27-52-6/h8,10-13,20,22-25,28-29,35,45,52,58H,9,14-19,21,26-27H2,1-7H3,(H,54,60)/b36-8-,44-31+,53-24?. The molecule has 3 N–H and O–H groups in total. The van der Waals surface area contributed by atoms with Crippen LogP contribution in [-0.2, 0) is 25.5 Å². The highest BCUT2D eigenvalue weighted by atomic mass is 19.4. The number of phenols is 1. The monoisotopic (exact) mass is 873 g/mol. The molecule has 2 heterocycles. The van der Waals surface area contributed by atoms with Crippen molar-refractivity contribution >= 4 is 58.7 Å². The van der Waals surface area contributed by atoms with Crippen molar-refractivity contribution in [1.82, 2.24) is 10.2 Å². The SMILES string of the molecule is C/C=c1/c(O)cc2c(/c1=C(\C)C(C)C)CCN2C(=O)CCC1(COc2cc(N=CC3CC(c4ccc(NC(=O)C(OCNC)C(F)(F)F)cc4)=CN3C=O)c(C)cc2OC)CCC1. The summed E-state index contributed by atoms with van der Waals surface area (Å²) < 4.78 is 57.1. The van der Waals surface area contributed by atoms with Crippen molar-refractivity contribution in [2.24, 2.45) is 16.3 Å². The quantitative estimate of drug-likeness (QED) is 0.0730. The maximum atomic E-state index is 13.9. The Hall–Kier alpha value is -5.67. The molecule has 6 rings (SSSR count). The van der Waals surface area contributed by atoms with Crippen LogP contribution in [0.1, 0.15) is 82.9 Å². The number of fused-ring (bicyclic) bond motifs is 1. The summed E-state index contributed by atoms with van der Waals surface area (Å²) in [6, 6.07) is 11.3. The van der Waals surface area contributed by atoms with Crippen molar-refractivity contribution in [3.8, 4) is 17.2 Å². The van der Waals surface area contributed by atoms with Gasteiger partial charge in [0.05, 0.1) is 37.9 Å². The smallest absolute Gasteiger partial charge is 0.423 e. The summed E-state index contributed by atoms with van der Waals surface area (Å²) in [5.41, 5.74) is 6.05. The van der Waals surface area contributed by atoms with Gasteiger partial charge in [0, 0.05) is 60.3 Å². The predicted octanol–water partition coefficient (Wildman–Crippen LogP) is 7.29. The number of halogens is 3. The highest BCUT2D eigenvalue weighted by Gasteiger charge is 2.46. The second-order valence-electron chi connectivity index (χ2n) is 16.9. The van der Waals surface area contributed by atoms with E-state index in [9.17, 15) is 32.7 Å². The maximum Gasteiger partial charge on any atom is 0.423 e. The zero-order chi connectivity index (χ0) is 45.6. The van der Waals surface area contributed by atoms with E-state index in [0.717, 1.165) is 64.1 Å². The zero-order valence-electron chi connectivity index (χ0n) is 37.0. The molecule has 0 aromatic heterocycles. The number of aromatic hydroxyl groups is 1. The van der Waals surface area contributed by atoms with E-state index >= 15 is 0 Å². The minimum atomic E-state index is -4.89. The maximum absolute atomic E-state index is 13.9. The Balaban J connectivity index is 1.10.